The molecule has 2 aromatic carbocycles. The maximum atomic E-state index is 10.6. The Labute approximate surface area is 122 Å². The normalized spacial score (nSPS) is 10.2. The first-order valence-electron chi connectivity index (χ1n) is 6.24. The van der Waals surface area contributed by atoms with Crippen molar-refractivity contribution in [3.8, 4) is 5.75 Å². The summed E-state index contributed by atoms with van der Waals surface area (Å²) in [6.45, 7) is 0. The quantitative estimate of drug-likeness (QED) is 0.825. The fourth-order valence-corrected chi connectivity index (χ4v) is 2.62. The minimum atomic E-state index is -0.801. The van der Waals surface area contributed by atoms with Gasteiger partial charge in [0, 0.05) is 10.6 Å². The van der Waals surface area contributed by atoms with Gasteiger partial charge in [0.1, 0.15) is 5.75 Å². The van der Waals surface area contributed by atoms with Crippen LogP contribution in [0.1, 0.15) is 11.1 Å². The van der Waals surface area contributed by atoms with Gasteiger partial charge in [0.15, 0.2) is 0 Å². The van der Waals surface area contributed by atoms with Gasteiger partial charge in [0.2, 0.25) is 0 Å². The monoisotopic (exact) mass is 288 g/mol. The number of carbonyl (C=O) groups is 1. The topological polar surface area (TPSA) is 46.5 Å². The number of hydrogen-bond donors (Lipinski definition) is 1. The lowest BCUT2D eigenvalue weighted by atomic mass is 10.1. The molecule has 20 heavy (non-hydrogen) atoms. The van der Waals surface area contributed by atoms with Crippen molar-refractivity contribution in [2.24, 2.45) is 0 Å². The Morgan fingerprint density at radius 3 is 2.20 bits per heavy atom. The van der Waals surface area contributed by atoms with Crippen LogP contribution in [0.4, 0.5) is 0 Å². The van der Waals surface area contributed by atoms with Crippen molar-refractivity contribution >= 4 is 17.7 Å². The first-order chi connectivity index (χ1) is 9.67. The first kappa shape index (κ1) is 14.5. The molecule has 3 nitrogen and oxygen atoms in total. The molecule has 0 aliphatic heterocycles. The highest BCUT2D eigenvalue weighted by Crippen LogP contribution is 2.25. The fraction of sp³-hybridized carbons (Fsp3) is 0.188. The van der Waals surface area contributed by atoms with Gasteiger partial charge in [-0.1, -0.05) is 24.3 Å². The molecule has 0 bridgehead atoms. The van der Waals surface area contributed by atoms with Crippen molar-refractivity contribution in [3.05, 3.63) is 59.7 Å². The highest BCUT2D eigenvalue weighted by atomic mass is 32.2. The molecule has 0 amide bonds. The van der Waals surface area contributed by atoms with Crippen LogP contribution in [0, 0.1) is 0 Å². The molecule has 4 heteroatoms. The molecule has 0 heterocycles. The maximum absolute atomic E-state index is 10.6. The van der Waals surface area contributed by atoms with Gasteiger partial charge < -0.3 is 9.84 Å². The number of methoxy groups -OCH3 is 1. The van der Waals surface area contributed by atoms with E-state index in [0.717, 1.165) is 17.1 Å². The lowest BCUT2D eigenvalue weighted by Crippen LogP contribution is -1.99. The third kappa shape index (κ3) is 4.31. The molecule has 2 aromatic rings. The van der Waals surface area contributed by atoms with E-state index in [4.69, 9.17) is 9.84 Å². The Morgan fingerprint density at radius 1 is 1.05 bits per heavy atom. The van der Waals surface area contributed by atoms with Crippen LogP contribution in [-0.4, -0.2) is 18.2 Å². The predicted molar refractivity (Wildman–Crippen MR) is 80.3 cm³/mol. The maximum Gasteiger partial charge on any atom is 0.307 e. The van der Waals surface area contributed by atoms with Crippen molar-refractivity contribution in [1.29, 1.82) is 0 Å². The molecule has 0 fully saturated rings. The second-order valence-corrected chi connectivity index (χ2v) is 5.40. The molecule has 0 aliphatic rings. The van der Waals surface area contributed by atoms with E-state index < -0.39 is 5.97 Å². The highest BCUT2D eigenvalue weighted by Gasteiger charge is 2.01. The molecule has 0 saturated carbocycles. The van der Waals surface area contributed by atoms with Gasteiger partial charge in [0.05, 0.1) is 13.5 Å². The van der Waals surface area contributed by atoms with E-state index in [1.165, 1.54) is 10.5 Å². The lowest BCUT2D eigenvalue weighted by molar-refractivity contribution is -0.136. The number of carboxylic acids is 1. The van der Waals surface area contributed by atoms with E-state index in [9.17, 15) is 4.79 Å². The number of thioether (sulfide) groups is 1. The largest absolute Gasteiger partial charge is 0.497 e. The van der Waals surface area contributed by atoms with Crippen LogP contribution in [0.2, 0.25) is 0 Å². The SMILES string of the molecule is COc1ccc(SCc2ccc(CC(=O)O)cc2)cc1. The summed E-state index contributed by atoms with van der Waals surface area (Å²) >= 11 is 1.74. The van der Waals surface area contributed by atoms with Gasteiger partial charge in [-0.2, -0.15) is 0 Å². The lowest BCUT2D eigenvalue weighted by Gasteiger charge is -2.04. The van der Waals surface area contributed by atoms with Gasteiger partial charge in [-0.25, -0.2) is 0 Å². The van der Waals surface area contributed by atoms with Crippen LogP contribution >= 0.6 is 11.8 Å². The highest BCUT2D eigenvalue weighted by molar-refractivity contribution is 7.98. The summed E-state index contributed by atoms with van der Waals surface area (Å²) < 4.78 is 5.12. The molecule has 0 radical (unpaired) electrons. The minimum absolute atomic E-state index is 0.0753. The van der Waals surface area contributed by atoms with Crippen molar-refractivity contribution in [3.63, 3.8) is 0 Å². The Balaban J connectivity index is 1.91. The molecule has 0 unspecified atom stereocenters. The van der Waals surface area contributed by atoms with E-state index in [0.29, 0.717) is 0 Å². The van der Waals surface area contributed by atoms with Crippen LogP contribution in [0.3, 0.4) is 0 Å². The van der Waals surface area contributed by atoms with Crippen LogP contribution < -0.4 is 4.74 Å². The summed E-state index contributed by atoms with van der Waals surface area (Å²) in [7, 11) is 1.65. The summed E-state index contributed by atoms with van der Waals surface area (Å²) in [4.78, 5) is 11.8. The molecule has 0 atom stereocenters. The van der Waals surface area contributed by atoms with Gasteiger partial charge >= 0.3 is 5.97 Å². The van der Waals surface area contributed by atoms with Gasteiger partial charge in [-0.3, -0.25) is 4.79 Å². The molecule has 0 aliphatic carbocycles. The van der Waals surface area contributed by atoms with Crippen molar-refractivity contribution in [2.45, 2.75) is 17.1 Å². The van der Waals surface area contributed by atoms with Crippen molar-refractivity contribution < 1.29 is 14.6 Å². The molecule has 104 valence electrons. The van der Waals surface area contributed by atoms with Gasteiger partial charge in [-0.15, -0.1) is 11.8 Å². The smallest absolute Gasteiger partial charge is 0.307 e. The molecule has 0 aromatic heterocycles. The standard InChI is InChI=1S/C16H16O3S/c1-19-14-6-8-15(9-7-14)20-11-13-4-2-12(3-5-13)10-16(17)18/h2-9H,10-11H2,1H3,(H,17,18). The summed E-state index contributed by atoms with van der Waals surface area (Å²) in [5.41, 5.74) is 2.01. The number of ether oxygens (including phenoxy) is 1. The summed E-state index contributed by atoms with van der Waals surface area (Å²) in [5.74, 6) is 0.914. The number of benzene rings is 2. The summed E-state index contributed by atoms with van der Waals surface area (Å²) in [6, 6.07) is 15.7. The minimum Gasteiger partial charge on any atom is -0.497 e. The summed E-state index contributed by atoms with van der Waals surface area (Å²) in [6.07, 6.45) is 0.0753. The number of hydrogen-bond acceptors (Lipinski definition) is 3. The van der Waals surface area contributed by atoms with E-state index >= 15 is 0 Å². The van der Waals surface area contributed by atoms with E-state index in [-0.39, 0.29) is 6.42 Å². The Morgan fingerprint density at radius 2 is 1.65 bits per heavy atom. The van der Waals surface area contributed by atoms with E-state index in [1.54, 1.807) is 18.9 Å². The zero-order chi connectivity index (χ0) is 14.4. The zero-order valence-corrected chi connectivity index (χ0v) is 12.0. The summed E-state index contributed by atoms with van der Waals surface area (Å²) in [5, 5.41) is 8.72. The van der Waals surface area contributed by atoms with Crippen LogP contribution in [0.15, 0.2) is 53.4 Å². The van der Waals surface area contributed by atoms with Crippen molar-refractivity contribution in [1.82, 2.24) is 0 Å². The van der Waals surface area contributed by atoms with Crippen molar-refractivity contribution in [2.75, 3.05) is 7.11 Å². The molecule has 0 saturated heterocycles. The molecule has 0 spiro atoms. The fourth-order valence-electron chi connectivity index (χ4n) is 1.77. The second kappa shape index (κ2) is 7.01. The van der Waals surface area contributed by atoms with Gasteiger partial charge in [0.25, 0.3) is 0 Å². The second-order valence-electron chi connectivity index (χ2n) is 4.35. The molecular weight excluding hydrogens is 272 g/mol. The average molecular weight is 288 g/mol. The molecule has 1 N–H and O–H groups in total. The average Bonchev–Trinajstić information content (AvgIpc) is 2.46. The van der Waals surface area contributed by atoms with Crippen LogP contribution in [0.5, 0.6) is 5.75 Å². The zero-order valence-electron chi connectivity index (χ0n) is 11.2. The van der Waals surface area contributed by atoms with E-state index in [1.807, 2.05) is 48.5 Å². The Hall–Kier alpha value is -1.94. The third-order valence-electron chi connectivity index (χ3n) is 2.84. The number of aliphatic carboxylic acids is 1. The number of rotatable bonds is 6. The molecular formula is C16H16O3S. The predicted octanol–water partition coefficient (Wildman–Crippen LogP) is 3.61. The Bertz CT molecular complexity index is 561. The van der Waals surface area contributed by atoms with E-state index in [2.05, 4.69) is 0 Å². The Kier molecular flexibility index (Phi) is 5.07. The first-order valence-corrected chi connectivity index (χ1v) is 7.22. The van der Waals surface area contributed by atoms with Crippen LogP contribution in [-0.2, 0) is 17.0 Å². The molecule has 2 rings (SSSR count). The van der Waals surface area contributed by atoms with Crippen LogP contribution in [0.25, 0.3) is 0 Å². The van der Waals surface area contributed by atoms with Gasteiger partial charge in [-0.05, 0) is 35.4 Å². The number of carboxylic acid groups (broad SMARTS) is 1. The third-order valence-corrected chi connectivity index (χ3v) is 3.93.